The molecule has 1 unspecified atom stereocenters. The van der Waals surface area contributed by atoms with Crippen molar-refractivity contribution in [1.82, 2.24) is 20.4 Å². The number of nitrogens with one attached hydrogen (secondary N) is 2. The fourth-order valence-corrected chi connectivity index (χ4v) is 3.26. The van der Waals surface area contributed by atoms with Crippen LogP contribution in [0.5, 0.6) is 0 Å². The topological polar surface area (TPSA) is 76.0 Å². The van der Waals surface area contributed by atoms with E-state index >= 15 is 0 Å². The summed E-state index contributed by atoms with van der Waals surface area (Å²) in [5.74, 6) is -0.286. The Hall–Kier alpha value is -2.93. The molecule has 1 aromatic heterocycles. The summed E-state index contributed by atoms with van der Waals surface area (Å²) < 4.78 is 2.81. The lowest BCUT2D eigenvalue weighted by atomic mass is 10.0. The van der Waals surface area contributed by atoms with Crippen LogP contribution in [0.1, 0.15) is 36.1 Å². The molecule has 7 heteroatoms. The Balaban J connectivity index is 1.54. The SMILES string of the molecule is CC(=O)NC(CC(=O)NCc1ccc(Cn2cccn2)cc1)c1ccc(Br)cc1. The average molecular weight is 455 g/mol. The zero-order valence-corrected chi connectivity index (χ0v) is 17.7. The molecule has 0 aliphatic heterocycles. The Morgan fingerprint density at radius 3 is 2.38 bits per heavy atom. The Kier molecular flexibility index (Phi) is 7.19. The van der Waals surface area contributed by atoms with E-state index in [0.29, 0.717) is 13.1 Å². The maximum absolute atomic E-state index is 12.4. The van der Waals surface area contributed by atoms with Gasteiger partial charge in [0.2, 0.25) is 11.8 Å². The molecule has 0 aliphatic carbocycles. The summed E-state index contributed by atoms with van der Waals surface area (Å²) in [7, 11) is 0. The quantitative estimate of drug-likeness (QED) is 0.545. The molecule has 0 spiro atoms. The molecule has 2 amide bonds. The van der Waals surface area contributed by atoms with Crippen LogP contribution in [0.15, 0.2) is 71.5 Å². The van der Waals surface area contributed by atoms with E-state index in [1.165, 1.54) is 6.92 Å². The zero-order valence-electron chi connectivity index (χ0n) is 16.1. The molecule has 0 aliphatic rings. The molecule has 2 N–H and O–H groups in total. The minimum atomic E-state index is -0.364. The molecular formula is C22H23BrN4O2. The van der Waals surface area contributed by atoms with E-state index in [2.05, 4.69) is 31.7 Å². The predicted molar refractivity (Wildman–Crippen MR) is 115 cm³/mol. The second-order valence-electron chi connectivity index (χ2n) is 6.81. The van der Waals surface area contributed by atoms with Crippen molar-refractivity contribution in [2.75, 3.05) is 0 Å². The average Bonchev–Trinajstić information content (AvgIpc) is 3.20. The number of nitrogens with zero attached hydrogens (tertiary/aromatic N) is 2. The second kappa shape index (κ2) is 10.0. The van der Waals surface area contributed by atoms with Crippen molar-refractivity contribution in [1.29, 1.82) is 0 Å². The fraction of sp³-hybridized carbons (Fsp3) is 0.227. The normalized spacial score (nSPS) is 11.7. The summed E-state index contributed by atoms with van der Waals surface area (Å²) in [5, 5.41) is 9.98. The van der Waals surface area contributed by atoms with Gasteiger partial charge in [0.25, 0.3) is 0 Å². The number of amides is 2. The van der Waals surface area contributed by atoms with Gasteiger partial charge in [0.1, 0.15) is 0 Å². The highest BCUT2D eigenvalue weighted by Gasteiger charge is 2.17. The molecule has 0 radical (unpaired) electrons. The molecule has 29 heavy (non-hydrogen) atoms. The van der Waals surface area contributed by atoms with Gasteiger partial charge in [-0.25, -0.2) is 0 Å². The number of rotatable bonds is 8. The molecule has 0 saturated heterocycles. The van der Waals surface area contributed by atoms with Crippen LogP contribution < -0.4 is 10.6 Å². The molecule has 0 bridgehead atoms. The van der Waals surface area contributed by atoms with Crippen LogP contribution in [0.25, 0.3) is 0 Å². The molecule has 3 aromatic rings. The van der Waals surface area contributed by atoms with Gasteiger partial charge >= 0.3 is 0 Å². The standard InChI is InChI=1S/C22H23BrN4O2/c1-16(28)26-21(19-7-9-20(23)10-8-19)13-22(29)24-14-17-3-5-18(6-4-17)15-27-12-2-11-25-27/h2-12,21H,13-15H2,1H3,(H,24,29)(H,26,28). The maximum atomic E-state index is 12.4. The molecule has 150 valence electrons. The van der Waals surface area contributed by atoms with Gasteiger partial charge in [0, 0.05) is 30.3 Å². The second-order valence-corrected chi connectivity index (χ2v) is 7.72. The van der Waals surface area contributed by atoms with Crippen molar-refractivity contribution in [3.8, 4) is 0 Å². The Labute approximate surface area is 178 Å². The third-order valence-corrected chi connectivity index (χ3v) is 4.98. The number of carbonyl (C=O) groups excluding carboxylic acids is 2. The number of carbonyl (C=O) groups is 2. The number of benzene rings is 2. The molecule has 6 nitrogen and oxygen atoms in total. The molecule has 1 heterocycles. The first kappa shape index (κ1) is 20.8. The van der Waals surface area contributed by atoms with Crippen LogP contribution in [-0.4, -0.2) is 21.6 Å². The van der Waals surface area contributed by atoms with Crippen molar-refractivity contribution < 1.29 is 9.59 Å². The van der Waals surface area contributed by atoms with Crippen molar-refractivity contribution in [3.63, 3.8) is 0 Å². The van der Waals surface area contributed by atoms with E-state index in [1.807, 2.05) is 65.5 Å². The highest BCUT2D eigenvalue weighted by atomic mass is 79.9. The van der Waals surface area contributed by atoms with E-state index in [1.54, 1.807) is 6.20 Å². The highest BCUT2D eigenvalue weighted by Crippen LogP contribution is 2.20. The van der Waals surface area contributed by atoms with Crippen LogP contribution >= 0.6 is 15.9 Å². The van der Waals surface area contributed by atoms with Gasteiger partial charge in [0.05, 0.1) is 19.0 Å². The summed E-state index contributed by atoms with van der Waals surface area (Å²) in [6, 6.07) is 17.2. The lowest BCUT2D eigenvalue weighted by Gasteiger charge is -2.18. The van der Waals surface area contributed by atoms with Gasteiger partial charge in [-0.15, -0.1) is 0 Å². The molecule has 0 saturated carbocycles. The van der Waals surface area contributed by atoms with Gasteiger partial charge in [-0.1, -0.05) is 52.3 Å². The summed E-state index contributed by atoms with van der Waals surface area (Å²) in [5.41, 5.74) is 3.05. The van der Waals surface area contributed by atoms with E-state index in [0.717, 1.165) is 21.2 Å². The molecule has 0 fully saturated rings. The lowest BCUT2D eigenvalue weighted by molar-refractivity contribution is -0.122. The summed E-state index contributed by atoms with van der Waals surface area (Å²) in [4.78, 5) is 24.0. The van der Waals surface area contributed by atoms with Gasteiger partial charge in [-0.3, -0.25) is 14.3 Å². The van der Waals surface area contributed by atoms with Crippen molar-refractivity contribution >= 4 is 27.7 Å². The van der Waals surface area contributed by atoms with Gasteiger partial charge in [0.15, 0.2) is 0 Å². The molecule has 2 aromatic carbocycles. The summed E-state index contributed by atoms with van der Waals surface area (Å²) >= 11 is 3.40. The van der Waals surface area contributed by atoms with Crippen LogP contribution in [0.2, 0.25) is 0 Å². The molecule has 1 atom stereocenters. The Morgan fingerprint density at radius 1 is 1.07 bits per heavy atom. The minimum absolute atomic E-state index is 0.118. The lowest BCUT2D eigenvalue weighted by Crippen LogP contribution is -2.32. The number of hydrogen-bond donors (Lipinski definition) is 2. The van der Waals surface area contributed by atoms with Crippen LogP contribution in [-0.2, 0) is 22.7 Å². The molecule has 3 rings (SSSR count). The number of hydrogen-bond acceptors (Lipinski definition) is 3. The first-order valence-corrected chi connectivity index (χ1v) is 10.1. The van der Waals surface area contributed by atoms with E-state index < -0.39 is 0 Å². The zero-order chi connectivity index (χ0) is 20.6. The Bertz CT molecular complexity index is 938. The third-order valence-electron chi connectivity index (χ3n) is 4.46. The first-order chi connectivity index (χ1) is 14.0. The summed E-state index contributed by atoms with van der Waals surface area (Å²) in [6.07, 6.45) is 3.86. The van der Waals surface area contributed by atoms with Crippen molar-refractivity contribution in [3.05, 3.63) is 88.2 Å². The maximum Gasteiger partial charge on any atom is 0.222 e. The van der Waals surface area contributed by atoms with Crippen LogP contribution in [0.3, 0.4) is 0 Å². The van der Waals surface area contributed by atoms with Crippen LogP contribution in [0.4, 0.5) is 0 Å². The predicted octanol–water partition coefficient (Wildman–Crippen LogP) is 3.58. The van der Waals surface area contributed by atoms with Gasteiger partial charge in [-0.2, -0.15) is 5.10 Å². The highest BCUT2D eigenvalue weighted by molar-refractivity contribution is 9.10. The van der Waals surface area contributed by atoms with Gasteiger partial charge in [-0.05, 0) is 34.9 Å². The van der Waals surface area contributed by atoms with E-state index in [-0.39, 0.29) is 24.3 Å². The number of halogens is 1. The first-order valence-electron chi connectivity index (χ1n) is 9.34. The summed E-state index contributed by atoms with van der Waals surface area (Å²) in [6.45, 7) is 2.60. The number of aromatic nitrogens is 2. The van der Waals surface area contributed by atoms with E-state index in [4.69, 9.17) is 0 Å². The largest absolute Gasteiger partial charge is 0.352 e. The third kappa shape index (κ3) is 6.57. The molecular weight excluding hydrogens is 432 g/mol. The van der Waals surface area contributed by atoms with Crippen molar-refractivity contribution in [2.45, 2.75) is 32.5 Å². The van der Waals surface area contributed by atoms with Crippen molar-refractivity contribution in [2.24, 2.45) is 0 Å². The Morgan fingerprint density at radius 2 is 1.76 bits per heavy atom. The van der Waals surface area contributed by atoms with E-state index in [9.17, 15) is 9.59 Å². The monoisotopic (exact) mass is 454 g/mol. The van der Waals surface area contributed by atoms with Crippen LogP contribution in [0, 0.1) is 0 Å². The minimum Gasteiger partial charge on any atom is -0.352 e. The smallest absolute Gasteiger partial charge is 0.222 e. The van der Waals surface area contributed by atoms with Gasteiger partial charge < -0.3 is 10.6 Å². The fourth-order valence-electron chi connectivity index (χ4n) is 2.99.